The van der Waals surface area contributed by atoms with Crippen molar-refractivity contribution in [2.75, 3.05) is 11.1 Å². The summed E-state index contributed by atoms with van der Waals surface area (Å²) in [7, 11) is -10.0. The molecular weight excluding hydrogens is 475 g/mol. The van der Waals surface area contributed by atoms with Gasteiger partial charge in [-0.25, -0.2) is 5.41 Å². The molecule has 182 valence electrons. The Morgan fingerprint density at radius 1 is 1.00 bits per heavy atom. The van der Waals surface area contributed by atoms with E-state index in [1.54, 1.807) is 0 Å². The zero-order valence-corrected chi connectivity index (χ0v) is 18.7. The Bertz CT molecular complexity index is 1300. The van der Waals surface area contributed by atoms with Gasteiger partial charge in [0, 0.05) is 17.3 Å². The van der Waals surface area contributed by atoms with E-state index in [9.17, 15) is 25.7 Å². The van der Waals surface area contributed by atoms with Crippen LogP contribution in [0.2, 0.25) is 0 Å². The van der Waals surface area contributed by atoms with Crippen LogP contribution >= 0.6 is 0 Å². The van der Waals surface area contributed by atoms with Crippen LogP contribution in [0.1, 0.15) is 17.5 Å². The standard InChI is InChI=1S/C22H22N2O4S.BF4/c23-22-20(13-8-16-29(25,26)27)18(19-12-4-5-14-21(19)28-22)11-6-7-15-24-17-9-2-1-3-10-17;2-1(3,4)5/h1-7,9-12,14-15,23-24H,8,13,16H2,(H,25,26,27);/q;-1/p+1/b11-6+,15-7+,23-22?;. The van der Waals surface area contributed by atoms with Crippen LogP contribution in [0.5, 0.6) is 0 Å². The highest BCUT2D eigenvalue weighted by atomic mass is 32.2. The molecule has 1 heterocycles. The molecule has 0 radical (unpaired) electrons. The normalized spacial score (nSPS) is 12.1. The third-order valence-electron chi connectivity index (χ3n) is 4.34. The number of benzene rings is 2. The molecule has 3 rings (SSSR count). The Balaban J connectivity index is 0.000000739. The van der Waals surface area contributed by atoms with Gasteiger partial charge in [0.2, 0.25) is 0 Å². The van der Waals surface area contributed by atoms with Gasteiger partial charge in [0.25, 0.3) is 10.1 Å². The van der Waals surface area contributed by atoms with E-state index in [1.165, 1.54) is 0 Å². The summed E-state index contributed by atoms with van der Waals surface area (Å²) < 4.78 is 75.8. The van der Waals surface area contributed by atoms with Crippen molar-refractivity contribution in [2.45, 2.75) is 12.8 Å². The first-order valence-electron chi connectivity index (χ1n) is 10.0. The monoisotopic (exact) mass is 498 g/mol. The van der Waals surface area contributed by atoms with E-state index in [0.717, 1.165) is 16.6 Å². The molecule has 0 aliphatic heterocycles. The molecular formula is C22H23BF4N2O4S. The summed E-state index contributed by atoms with van der Waals surface area (Å²) in [5.41, 5.74) is 3.45. The van der Waals surface area contributed by atoms with Gasteiger partial charge in [-0.3, -0.25) is 4.55 Å². The number of fused-ring (bicyclic) bond motifs is 1. The van der Waals surface area contributed by atoms with Crippen LogP contribution in [0, 0.1) is 0 Å². The fourth-order valence-electron chi connectivity index (χ4n) is 3.02. The maximum absolute atomic E-state index is 11.0. The van der Waals surface area contributed by atoms with E-state index in [0.29, 0.717) is 17.6 Å². The molecule has 12 heteroatoms. The van der Waals surface area contributed by atoms with Gasteiger partial charge in [-0.2, -0.15) is 8.42 Å². The quantitative estimate of drug-likeness (QED) is 0.190. The number of allylic oxidation sites excluding steroid dienone is 2. The average molecular weight is 498 g/mol. The van der Waals surface area contributed by atoms with E-state index >= 15 is 0 Å². The number of nitrogens with two attached hydrogens (primary N) is 1. The van der Waals surface area contributed by atoms with Crippen LogP contribution in [0.15, 0.2) is 77.4 Å². The van der Waals surface area contributed by atoms with Gasteiger partial charge in [0.05, 0.1) is 11.3 Å². The first-order valence-corrected chi connectivity index (χ1v) is 11.7. The summed E-state index contributed by atoms with van der Waals surface area (Å²) in [5, 5.41) is 10.2. The van der Waals surface area contributed by atoms with Gasteiger partial charge in [-0.15, -0.1) is 0 Å². The second-order valence-corrected chi connectivity index (χ2v) is 8.54. The molecule has 0 unspecified atom stereocenters. The van der Waals surface area contributed by atoms with Crippen LogP contribution in [-0.4, -0.2) is 26.0 Å². The van der Waals surface area contributed by atoms with E-state index < -0.39 is 17.4 Å². The molecule has 0 spiro atoms. The Morgan fingerprint density at radius 2 is 1.62 bits per heavy atom. The van der Waals surface area contributed by atoms with Crippen molar-refractivity contribution in [1.82, 2.24) is 0 Å². The van der Waals surface area contributed by atoms with Gasteiger partial charge in [-0.05, 0) is 42.7 Å². The highest BCUT2D eigenvalue weighted by Gasteiger charge is 2.20. The summed E-state index contributed by atoms with van der Waals surface area (Å²) in [6.07, 6.45) is 8.09. The third-order valence-corrected chi connectivity index (χ3v) is 5.15. The molecule has 0 amide bonds. The van der Waals surface area contributed by atoms with E-state index in [2.05, 4.69) is 5.32 Å². The minimum Gasteiger partial charge on any atom is -0.418 e. The predicted molar refractivity (Wildman–Crippen MR) is 124 cm³/mol. The number of hydrogen-bond acceptors (Lipinski definition) is 4. The zero-order valence-electron chi connectivity index (χ0n) is 17.9. The number of para-hydroxylation sites is 2. The molecule has 0 aliphatic carbocycles. The predicted octanol–water partition coefficient (Wildman–Crippen LogP) is 3.85. The van der Waals surface area contributed by atoms with Gasteiger partial charge < -0.3 is 27.0 Å². The summed E-state index contributed by atoms with van der Waals surface area (Å²) in [4.78, 5) is 0. The molecule has 2 aromatic carbocycles. The Morgan fingerprint density at radius 3 is 2.26 bits per heavy atom. The molecule has 0 saturated heterocycles. The van der Waals surface area contributed by atoms with Crippen LogP contribution in [0.3, 0.4) is 0 Å². The van der Waals surface area contributed by atoms with E-state index in [1.807, 2.05) is 79.0 Å². The van der Waals surface area contributed by atoms with E-state index in [4.69, 9.17) is 14.4 Å². The first kappa shape index (κ1) is 26.9. The second-order valence-electron chi connectivity index (χ2n) is 6.97. The Labute approximate surface area is 194 Å². The molecule has 1 aromatic heterocycles. The minimum absolute atomic E-state index is 0.239. The molecule has 4 N–H and O–H groups in total. The maximum atomic E-state index is 11.0. The van der Waals surface area contributed by atoms with Crippen molar-refractivity contribution in [3.8, 4) is 0 Å². The highest BCUT2D eigenvalue weighted by molar-refractivity contribution is 7.85. The molecule has 0 fully saturated rings. The molecule has 0 saturated carbocycles. The summed E-state index contributed by atoms with van der Waals surface area (Å²) >= 11 is 0. The largest absolute Gasteiger partial charge is 0.673 e. The van der Waals surface area contributed by atoms with Crippen LogP contribution in [0.4, 0.5) is 23.0 Å². The number of nitrogens with one attached hydrogen (secondary N) is 1. The number of rotatable bonds is 8. The Kier molecular flexibility index (Phi) is 9.63. The minimum atomic E-state index is -6.00. The van der Waals surface area contributed by atoms with Gasteiger partial charge in [0.1, 0.15) is 5.58 Å². The van der Waals surface area contributed by atoms with Crippen LogP contribution in [-0.2, 0) is 16.5 Å². The van der Waals surface area contributed by atoms with Crippen molar-refractivity contribution in [3.05, 3.63) is 89.6 Å². The van der Waals surface area contributed by atoms with Crippen molar-refractivity contribution in [3.63, 3.8) is 0 Å². The van der Waals surface area contributed by atoms with Crippen molar-refractivity contribution < 1.29 is 40.1 Å². The topological polar surface area (TPSA) is 105 Å². The van der Waals surface area contributed by atoms with Crippen LogP contribution in [0.25, 0.3) is 17.0 Å². The zero-order chi connectivity index (χ0) is 25.2. The van der Waals surface area contributed by atoms with Crippen molar-refractivity contribution >= 4 is 40.1 Å². The summed E-state index contributed by atoms with van der Waals surface area (Å²) in [6.45, 7) is 0. The maximum Gasteiger partial charge on any atom is 0.673 e. The second kappa shape index (κ2) is 12.2. The molecule has 0 atom stereocenters. The number of anilines is 1. The fraction of sp³-hybridized carbons (Fsp3) is 0.136. The summed E-state index contributed by atoms with van der Waals surface area (Å²) in [5.74, 6) is -0.330. The third kappa shape index (κ3) is 10.0. The van der Waals surface area contributed by atoms with Gasteiger partial charge in [0.15, 0.2) is 0 Å². The molecule has 6 nitrogen and oxygen atoms in total. The van der Waals surface area contributed by atoms with Gasteiger partial charge in [-0.1, -0.05) is 48.6 Å². The molecule has 3 aromatic rings. The summed E-state index contributed by atoms with van der Waals surface area (Å²) in [6, 6.07) is 17.3. The number of hydrogen-bond donors (Lipinski definition) is 3. The SMILES string of the molecule is F[B-](F)(F)F.[NH2+]=c1oc2ccccc2c(/C=C/C=C/Nc2ccccc2)c1CCCS(=O)(=O)O. The molecule has 0 aliphatic rings. The van der Waals surface area contributed by atoms with Crippen molar-refractivity contribution in [1.29, 1.82) is 0 Å². The van der Waals surface area contributed by atoms with Gasteiger partial charge >= 0.3 is 12.8 Å². The van der Waals surface area contributed by atoms with E-state index in [-0.39, 0.29) is 17.7 Å². The Hall–Kier alpha value is -3.38. The lowest BCUT2D eigenvalue weighted by Crippen LogP contribution is -2.47. The fourth-order valence-corrected chi connectivity index (χ4v) is 3.53. The van der Waals surface area contributed by atoms with Crippen LogP contribution < -0.4 is 16.3 Å². The molecule has 34 heavy (non-hydrogen) atoms. The van der Waals surface area contributed by atoms with Crippen molar-refractivity contribution in [2.24, 2.45) is 0 Å². The lowest BCUT2D eigenvalue weighted by molar-refractivity contribution is -0.198. The highest BCUT2D eigenvalue weighted by Crippen LogP contribution is 2.22. The lowest BCUT2D eigenvalue weighted by atomic mass is 10.0. The lowest BCUT2D eigenvalue weighted by Gasteiger charge is -2.07. The first-order chi connectivity index (χ1) is 15.9. The molecule has 0 bridgehead atoms. The average Bonchev–Trinajstić information content (AvgIpc) is 2.73. The number of halogens is 4. The smallest absolute Gasteiger partial charge is 0.418 e.